The van der Waals surface area contributed by atoms with E-state index in [1.54, 1.807) is 6.20 Å². The van der Waals surface area contributed by atoms with Crippen LogP contribution in [0, 0.1) is 6.92 Å². The van der Waals surface area contributed by atoms with Crippen molar-refractivity contribution in [2.24, 2.45) is 10.7 Å². The zero-order valence-electron chi connectivity index (χ0n) is 12.2. The van der Waals surface area contributed by atoms with Crippen LogP contribution in [0.15, 0.2) is 11.2 Å². The zero-order valence-corrected chi connectivity index (χ0v) is 12.2. The van der Waals surface area contributed by atoms with E-state index in [2.05, 4.69) is 40.6 Å². The highest BCUT2D eigenvalue weighted by molar-refractivity contribution is 5.95. The van der Waals surface area contributed by atoms with Crippen LogP contribution >= 0.6 is 0 Å². The number of hydrogen-bond donors (Lipinski definition) is 1. The largest absolute Gasteiger partial charge is 0.385 e. The van der Waals surface area contributed by atoms with E-state index < -0.39 is 0 Å². The third-order valence-corrected chi connectivity index (χ3v) is 3.76. The summed E-state index contributed by atoms with van der Waals surface area (Å²) >= 11 is 0. The van der Waals surface area contributed by atoms with Crippen molar-refractivity contribution in [3.8, 4) is 0 Å². The van der Waals surface area contributed by atoms with Crippen LogP contribution in [0.4, 0.5) is 11.5 Å². The molecule has 0 fully saturated rings. The number of nitrogens with two attached hydrogens (primary N) is 1. The van der Waals surface area contributed by atoms with Crippen LogP contribution in [0.5, 0.6) is 0 Å². The molecule has 0 bridgehead atoms. The van der Waals surface area contributed by atoms with E-state index in [1.165, 1.54) is 0 Å². The maximum Gasteiger partial charge on any atom is 0.159 e. The van der Waals surface area contributed by atoms with Crippen molar-refractivity contribution in [1.29, 1.82) is 0 Å². The number of aliphatic imine (C=N–C) groups is 1. The summed E-state index contributed by atoms with van der Waals surface area (Å²) in [6.07, 6.45) is 4.85. The van der Waals surface area contributed by atoms with Gasteiger partial charge in [0.05, 0.1) is 12.2 Å². The number of rotatable bonds is 4. The lowest BCUT2D eigenvalue weighted by molar-refractivity contribution is 0.514. The summed E-state index contributed by atoms with van der Waals surface area (Å²) in [5.74, 6) is 2.39. The molecule has 1 aromatic heterocycles. The van der Waals surface area contributed by atoms with Gasteiger partial charge in [0.1, 0.15) is 17.3 Å². The van der Waals surface area contributed by atoms with Crippen LogP contribution in [0.3, 0.4) is 0 Å². The van der Waals surface area contributed by atoms with Gasteiger partial charge in [-0.1, -0.05) is 20.8 Å². The Hall–Kier alpha value is -1.65. The van der Waals surface area contributed by atoms with Gasteiger partial charge in [0.25, 0.3) is 0 Å². The first-order chi connectivity index (χ1) is 9.12. The van der Waals surface area contributed by atoms with Crippen molar-refractivity contribution < 1.29 is 0 Å². The van der Waals surface area contributed by atoms with E-state index in [4.69, 9.17) is 5.73 Å². The summed E-state index contributed by atoms with van der Waals surface area (Å²) in [5.41, 5.74) is 6.92. The summed E-state index contributed by atoms with van der Waals surface area (Å²) in [4.78, 5) is 15.6. The summed E-state index contributed by atoms with van der Waals surface area (Å²) in [7, 11) is 0. The standard InChI is InChI=1S/C14H23N5/c1-5-10(6-2)19-12(7-3)13(15)18-11-8-16-9(4)17-14(11)19/h8,10,12H,5-7H2,1-4H3,(H2,15,18)/t12-/m1/s1. The molecule has 2 rings (SSSR count). The molecule has 0 saturated heterocycles. The van der Waals surface area contributed by atoms with Crippen LogP contribution in [0.1, 0.15) is 45.9 Å². The quantitative estimate of drug-likeness (QED) is 0.904. The number of nitrogens with zero attached hydrogens (tertiary/aromatic N) is 4. The minimum atomic E-state index is 0.145. The zero-order chi connectivity index (χ0) is 14.0. The van der Waals surface area contributed by atoms with Gasteiger partial charge in [-0.25, -0.2) is 15.0 Å². The SMILES string of the molecule is CCC(CC)N1c2nc(C)ncc2N=C(N)[C@H]1CC. The van der Waals surface area contributed by atoms with Gasteiger partial charge in [-0.2, -0.15) is 0 Å². The first-order valence-corrected chi connectivity index (χ1v) is 7.08. The van der Waals surface area contributed by atoms with E-state index in [0.717, 1.165) is 36.6 Å². The van der Waals surface area contributed by atoms with Gasteiger partial charge in [0, 0.05) is 6.04 Å². The minimum Gasteiger partial charge on any atom is -0.385 e. The Kier molecular flexibility index (Phi) is 4.02. The molecular formula is C14H23N5. The molecule has 0 radical (unpaired) electrons. The van der Waals surface area contributed by atoms with Gasteiger partial charge in [-0.05, 0) is 26.2 Å². The van der Waals surface area contributed by atoms with Crippen molar-refractivity contribution in [1.82, 2.24) is 9.97 Å². The van der Waals surface area contributed by atoms with Gasteiger partial charge in [-0.3, -0.25) is 0 Å². The van der Waals surface area contributed by atoms with E-state index in [0.29, 0.717) is 11.9 Å². The Balaban J connectivity index is 2.54. The highest BCUT2D eigenvalue weighted by atomic mass is 15.3. The molecule has 0 saturated carbocycles. The van der Waals surface area contributed by atoms with Crippen LogP contribution in [0.2, 0.25) is 0 Å². The van der Waals surface area contributed by atoms with E-state index in [1.807, 2.05) is 6.92 Å². The molecule has 0 aromatic carbocycles. The molecule has 2 heterocycles. The molecule has 1 aromatic rings. The number of anilines is 1. The van der Waals surface area contributed by atoms with Gasteiger partial charge in [0.15, 0.2) is 5.82 Å². The fourth-order valence-corrected chi connectivity index (χ4v) is 2.74. The maximum atomic E-state index is 6.13. The second kappa shape index (κ2) is 5.55. The monoisotopic (exact) mass is 261 g/mol. The number of aryl methyl sites for hydroxylation is 1. The lowest BCUT2D eigenvalue weighted by Gasteiger charge is -2.40. The molecule has 0 aliphatic carbocycles. The Morgan fingerprint density at radius 2 is 2.00 bits per heavy atom. The van der Waals surface area contributed by atoms with Crippen molar-refractivity contribution in [2.45, 2.75) is 59.0 Å². The highest BCUT2D eigenvalue weighted by Crippen LogP contribution is 2.35. The first-order valence-electron chi connectivity index (χ1n) is 7.08. The third-order valence-electron chi connectivity index (χ3n) is 3.76. The summed E-state index contributed by atoms with van der Waals surface area (Å²) in [5, 5.41) is 0. The summed E-state index contributed by atoms with van der Waals surface area (Å²) in [6, 6.07) is 0.582. The summed E-state index contributed by atoms with van der Waals surface area (Å²) in [6.45, 7) is 8.46. The Bertz CT molecular complexity index is 479. The molecule has 104 valence electrons. The molecule has 19 heavy (non-hydrogen) atoms. The van der Waals surface area contributed by atoms with Crippen molar-refractivity contribution >= 4 is 17.3 Å². The molecule has 0 spiro atoms. The van der Waals surface area contributed by atoms with Gasteiger partial charge in [-0.15, -0.1) is 0 Å². The second-order valence-electron chi connectivity index (χ2n) is 4.96. The first kappa shape index (κ1) is 13.8. The number of hydrogen-bond acceptors (Lipinski definition) is 5. The van der Waals surface area contributed by atoms with Crippen LogP contribution in [-0.2, 0) is 0 Å². The molecule has 5 nitrogen and oxygen atoms in total. The van der Waals surface area contributed by atoms with Crippen LogP contribution in [0.25, 0.3) is 0 Å². The Labute approximate surface area is 115 Å². The van der Waals surface area contributed by atoms with Crippen molar-refractivity contribution in [3.05, 3.63) is 12.0 Å². The van der Waals surface area contributed by atoms with E-state index >= 15 is 0 Å². The van der Waals surface area contributed by atoms with Crippen LogP contribution in [-0.4, -0.2) is 27.9 Å². The molecule has 1 aliphatic rings. The number of fused-ring (bicyclic) bond motifs is 1. The molecule has 2 N–H and O–H groups in total. The summed E-state index contributed by atoms with van der Waals surface area (Å²) < 4.78 is 0. The third kappa shape index (κ3) is 2.41. The van der Waals surface area contributed by atoms with E-state index in [9.17, 15) is 0 Å². The molecule has 1 aliphatic heterocycles. The fraction of sp³-hybridized carbons (Fsp3) is 0.643. The minimum absolute atomic E-state index is 0.145. The second-order valence-corrected chi connectivity index (χ2v) is 4.96. The predicted octanol–water partition coefficient (Wildman–Crippen LogP) is 2.56. The average molecular weight is 261 g/mol. The lowest BCUT2D eigenvalue weighted by atomic mass is 10.0. The van der Waals surface area contributed by atoms with Gasteiger partial charge in [0.2, 0.25) is 0 Å². The van der Waals surface area contributed by atoms with Gasteiger partial charge < -0.3 is 10.6 Å². The Morgan fingerprint density at radius 1 is 1.32 bits per heavy atom. The number of aromatic nitrogens is 2. The van der Waals surface area contributed by atoms with E-state index in [-0.39, 0.29) is 6.04 Å². The molecule has 0 unspecified atom stereocenters. The molecular weight excluding hydrogens is 238 g/mol. The fourth-order valence-electron chi connectivity index (χ4n) is 2.74. The highest BCUT2D eigenvalue weighted by Gasteiger charge is 2.32. The topological polar surface area (TPSA) is 67.4 Å². The normalized spacial score (nSPS) is 18.5. The smallest absolute Gasteiger partial charge is 0.159 e. The molecule has 1 atom stereocenters. The number of amidine groups is 1. The van der Waals surface area contributed by atoms with Crippen LogP contribution < -0.4 is 10.6 Å². The molecule has 5 heteroatoms. The van der Waals surface area contributed by atoms with Crippen molar-refractivity contribution in [2.75, 3.05) is 4.90 Å². The predicted molar refractivity (Wildman–Crippen MR) is 79.0 cm³/mol. The Morgan fingerprint density at radius 3 is 2.58 bits per heavy atom. The molecule has 0 amide bonds. The maximum absolute atomic E-state index is 6.13. The van der Waals surface area contributed by atoms with Crippen molar-refractivity contribution in [3.63, 3.8) is 0 Å². The average Bonchev–Trinajstić information content (AvgIpc) is 2.40. The van der Waals surface area contributed by atoms with Gasteiger partial charge >= 0.3 is 0 Å². The lowest BCUT2D eigenvalue weighted by Crippen LogP contribution is -2.51.